The van der Waals surface area contributed by atoms with Crippen molar-refractivity contribution >= 4 is 40.0 Å². The fourth-order valence-electron chi connectivity index (χ4n) is 3.35. The number of pyridine rings is 1. The van der Waals surface area contributed by atoms with Crippen LogP contribution in [0.5, 0.6) is 11.5 Å². The number of carbonyl (C=O) groups is 1. The summed E-state index contributed by atoms with van der Waals surface area (Å²) in [7, 11) is 3.29. The topological polar surface area (TPSA) is 102 Å². The lowest BCUT2D eigenvalue weighted by Crippen LogP contribution is -2.37. The molecule has 35 heavy (non-hydrogen) atoms. The molecule has 0 unspecified atom stereocenters. The number of halogens is 1. The van der Waals surface area contributed by atoms with E-state index in [1.807, 2.05) is 42.5 Å². The van der Waals surface area contributed by atoms with E-state index in [2.05, 4.69) is 25.6 Å². The Morgan fingerprint density at radius 2 is 1.91 bits per heavy atom. The second-order valence-electron chi connectivity index (χ2n) is 7.58. The zero-order valence-corrected chi connectivity index (χ0v) is 20.1. The molecule has 0 aliphatic carbocycles. The Kier molecular flexibility index (Phi) is 7.79. The molecule has 0 saturated carbocycles. The van der Waals surface area contributed by atoms with Gasteiger partial charge < -0.3 is 25.0 Å². The van der Waals surface area contributed by atoms with Gasteiger partial charge in [0.1, 0.15) is 36.9 Å². The van der Waals surface area contributed by atoms with E-state index >= 15 is 0 Å². The second-order valence-corrected chi connectivity index (χ2v) is 7.98. The van der Waals surface area contributed by atoms with Crippen molar-refractivity contribution in [1.29, 1.82) is 0 Å². The summed E-state index contributed by atoms with van der Waals surface area (Å²) in [5.74, 6) is 1.74. The van der Waals surface area contributed by atoms with Crippen LogP contribution in [0.3, 0.4) is 0 Å². The number of carbonyl (C=O) groups excluding carboxylic acids is 1. The minimum atomic E-state index is -0.179. The minimum absolute atomic E-state index is 0.179. The lowest BCUT2D eigenvalue weighted by Gasteiger charge is -2.18. The Hall–Kier alpha value is -4.11. The van der Waals surface area contributed by atoms with E-state index in [0.29, 0.717) is 42.1 Å². The standard InChI is InChI=1S/C25H25ClN6O3/c1-27-25(33)32(2)12-13-34-22-8-5-7-20-23(22)24(30-16-29-20)31-17-9-10-21(19(26)14-17)35-15-18-6-3-4-11-28-18/h3-11,14,16H,12-13,15H2,1-2H3,(H,27,33)(H,29,30,31). The van der Waals surface area contributed by atoms with Gasteiger partial charge in [-0.15, -0.1) is 0 Å². The number of nitrogens with one attached hydrogen (secondary N) is 2. The molecule has 180 valence electrons. The highest BCUT2D eigenvalue weighted by atomic mass is 35.5. The number of amides is 2. The number of anilines is 2. The molecule has 2 aromatic heterocycles. The lowest BCUT2D eigenvalue weighted by molar-refractivity contribution is 0.198. The summed E-state index contributed by atoms with van der Waals surface area (Å²) in [6.45, 7) is 1.05. The van der Waals surface area contributed by atoms with Crippen LogP contribution in [0.1, 0.15) is 5.69 Å². The monoisotopic (exact) mass is 492 g/mol. The molecule has 0 aliphatic rings. The van der Waals surface area contributed by atoms with Crippen LogP contribution in [0.15, 0.2) is 67.1 Å². The molecular formula is C25H25ClN6O3. The van der Waals surface area contributed by atoms with Crippen LogP contribution in [0.2, 0.25) is 5.02 Å². The van der Waals surface area contributed by atoms with Gasteiger partial charge in [0.15, 0.2) is 0 Å². The number of fused-ring (bicyclic) bond motifs is 1. The van der Waals surface area contributed by atoms with Crippen LogP contribution >= 0.6 is 11.6 Å². The number of aromatic nitrogens is 3. The molecule has 2 aromatic carbocycles. The number of benzene rings is 2. The van der Waals surface area contributed by atoms with Gasteiger partial charge in [-0.1, -0.05) is 23.7 Å². The molecule has 0 saturated heterocycles. The second kappa shape index (κ2) is 11.3. The highest BCUT2D eigenvalue weighted by molar-refractivity contribution is 6.32. The van der Waals surface area contributed by atoms with E-state index in [1.165, 1.54) is 6.33 Å². The first kappa shape index (κ1) is 24.0. The highest BCUT2D eigenvalue weighted by Crippen LogP contribution is 2.34. The Morgan fingerprint density at radius 1 is 1.03 bits per heavy atom. The fourth-order valence-corrected chi connectivity index (χ4v) is 3.58. The van der Waals surface area contributed by atoms with Crippen LogP contribution < -0.4 is 20.1 Å². The third-order valence-corrected chi connectivity index (χ3v) is 5.46. The first-order chi connectivity index (χ1) is 17.0. The van der Waals surface area contributed by atoms with E-state index in [1.54, 1.807) is 37.3 Å². The fraction of sp³-hybridized carbons (Fsp3) is 0.200. The maximum atomic E-state index is 11.7. The largest absolute Gasteiger partial charge is 0.491 e. The molecule has 0 fully saturated rings. The molecule has 10 heteroatoms. The van der Waals surface area contributed by atoms with Crippen molar-refractivity contribution in [1.82, 2.24) is 25.2 Å². The summed E-state index contributed by atoms with van der Waals surface area (Å²) in [6.07, 6.45) is 3.21. The number of urea groups is 1. The van der Waals surface area contributed by atoms with E-state index in [4.69, 9.17) is 21.1 Å². The van der Waals surface area contributed by atoms with Crippen LogP contribution in [-0.2, 0) is 6.61 Å². The Bertz CT molecular complexity index is 1300. The van der Waals surface area contributed by atoms with Crippen LogP contribution in [0.4, 0.5) is 16.3 Å². The highest BCUT2D eigenvalue weighted by Gasteiger charge is 2.13. The van der Waals surface area contributed by atoms with E-state index in [0.717, 1.165) is 22.3 Å². The van der Waals surface area contributed by atoms with Crippen molar-refractivity contribution in [2.24, 2.45) is 0 Å². The van der Waals surface area contributed by atoms with E-state index in [-0.39, 0.29) is 6.03 Å². The number of likely N-dealkylation sites (N-methyl/N-ethyl adjacent to an activating group) is 1. The maximum absolute atomic E-state index is 11.7. The third kappa shape index (κ3) is 6.07. The van der Waals surface area contributed by atoms with Crippen molar-refractivity contribution < 1.29 is 14.3 Å². The van der Waals surface area contributed by atoms with Gasteiger partial charge in [0.25, 0.3) is 0 Å². The predicted molar refractivity (Wildman–Crippen MR) is 135 cm³/mol. The van der Waals surface area contributed by atoms with Crippen molar-refractivity contribution in [2.45, 2.75) is 6.61 Å². The minimum Gasteiger partial charge on any atom is -0.491 e. The third-order valence-electron chi connectivity index (χ3n) is 5.17. The van der Waals surface area contributed by atoms with Crippen LogP contribution in [0, 0.1) is 0 Å². The molecule has 0 bridgehead atoms. The van der Waals surface area contributed by atoms with Gasteiger partial charge in [-0.05, 0) is 42.5 Å². The summed E-state index contributed by atoms with van der Waals surface area (Å²) in [4.78, 5) is 26.3. The number of rotatable bonds is 9. The Morgan fingerprint density at radius 3 is 2.69 bits per heavy atom. The smallest absolute Gasteiger partial charge is 0.316 e. The van der Waals surface area contributed by atoms with Gasteiger partial charge in [-0.25, -0.2) is 14.8 Å². The van der Waals surface area contributed by atoms with Gasteiger partial charge in [0.05, 0.1) is 28.2 Å². The molecule has 0 radical (unpaired) electrons. The van der Waals surface area contributed by atoms with E-state index in [9.17, 15) is 4.79 Å². The molecule has 2 N–H and O–H groups in total. The number of nitrogens with zero attached hydrogens (tertiary/aromatic N) is 4. The average molecular weight is 493 g/mol. The Labute approximate surface area is 208 Å². The first-order valence-electron chi connectivity index (χ1n) is 10.9. The van der Waals surface area contributed by atoms with Gasteiger partial charge in [-0.2, -0.15) is 0 Å². The van der Waals surface area contributed by atoms with Crippen molar-refractivity contribution in [3.05, 3.63) is 77.8 Å². The number of hydrogen-bond acceptors (Lipinski definition) is 7. The summed E-state index contributed by atoms with van der Waals surface area (Å²) in [6, 6.07) is 16.5. The number of ether oxygens (including phenoxy) is 2. The zero-order chi connectivity index (χ0) is 24.6. The van der Waals surface area contributed by atoms with Crippen molar-refractivity contribution in [3.63, 3.8) is 0 Å². The molecule has 4 aromatic rings. The molecule has 4 rings (SSSR count). The van der Waals surface area contributed by atoms with Crippen molar-refractivity contribution in [3.8, 4) is 11.5 Å². The molecule has 0 atom stereocenters. The lowest BCUT2D eigenvalue weighted by atomic mass is 10.2. The van der Waals surface area contributed by atoms with E-state index < -0.39 is 0 Å². The first-order valence-corrected chi connectivity index (χ1v) is 11.3. The van der Waals surface area contributed by atoms with Gasteiger partial charge in [0, 0.05) is 26.0 Å². The van der Waals surface area contributed by atoms with Gasteiger partial charge in [-0.3, -0.25) is 4.98 Å². The number of hydrogen-bond donors (Lipinski definition) is 2. The SMILES string of the molecule is CNC(=O)N(C)CCOc1cccc2ncnc(Nc3ccc(OCc4ccccn4)c(Cl)c3)c12. The average Bonchev–Trinajstić information content (AvgIpc) is 2.88. The van der Waals surface area contributed by atoms with Gasteiger partial charge >= 0.3 is 6.03 Å². The molecule has 0 spiro atoms. The predicted octanol–water partition coefficient (Wildman–Crippen LogP) is 4.65. The Balaban J connectivity index is 1.49. The summed E-state index contributed by atoms with van der Waals surface area (Å²) < 4.78 is 11.8. The van der Waals surface area contributed by atoms with Crippen LogP contribution in [0.25, 0.3) is 10.9 Å². The normalized spacial score (nSPS) is 10.6. The molecule has 0 aliphatic heterocycles. The summed E-state index contributed by atoms with van der Waals surface area (Å²) >= 11 is 6.47. The van der Waals surface area contributed by atoms with Gasteiger partial charge in [0.2, 0.25) is 0 Å². The summed E-state index contributed by atoms with van der Waals surface area (Å²) in [5.41, 5.74) is 2.27. The summed E-state index contributed by atoms with van der Waals surface area (Å²) in [5, 5.41) is 7.06. The zero-order valence-electron chi connectivity index (χ0n) is 19.4. The quantitative estimate of drug-likeness (QED) is 0.350. The van der Waals surface area contributed by atoms with Crippen LogP contribution in [-0.4, -0.2) is 53.1 Å². The maximum Gasteiger partial charge on any atom is 0.316 e. The molecule has 2 heterocycles. The molecule has 2 amide bonds. The molecule has 9 nitrogen and oxygen atoms in total. The molecular weight excluding hydrogens is 468 g/mol. The van der Waals surface area contributed by atoms with Crippen molar-refractivity contribution in [2.75, 3.05) is 32.6 Å².